The molecule has 2 heterocycles. The Balaban J connectivity index is 1.92. The van der Waals surface area contributed by atoms with E-state index in [9.17, 15) is 4.79 Å². The lowest BCUT2D eigenvalue weighted by molar-refractivity contribution is 0.0911. The number of nitrogens with one attached hydrogen (secondary N) is 2. The number of aryl methyl sites for hydroxylation is 1. The summed E-state index contributed by atoms with van der Waals surface area (Å²) in [5.74, 6) is 0.546. The topological polar surface area (TPSA) is 59.0 Å². The van der Waals surface area contributed by atoms with Crippen LogP contribution in [0.5, 0.6) is 0 Å². The molecule has 0 spiro atoms. The molecule has 0 aromatic carbocycles. The monoisotopic (exact) mass is 236 g/mol. The van der Waals surface area contributed by atoms with Gasteiger partial charge in [-0.3, -0.25) is 9.48 Å². The summed E-state index contributed by atoms with van der Waals surface area (Å²) in [7, 11) is 1.78. The lowest BCUT2D eigenvalue weighted by Crippen LogP contribution is -2.43. The van der Waals surface area contributed by atoms with Gasteiger partial charge in [0.05, 0.1) is 0 Å². The molecule has 1 aromatic heterocycles. The number of hydrogen-bond donors (Lipinski definition) is 2. The van der Waals surface area contributed by atoms with E-state index in [-0.39, 0.29) is 11.9 Å². The largest absolute Gasteiger partial charge is 0.348 e. The van der Waals surface area contributed by atoms with Crippen molar-refractivity contribution in [2.24, 2.45) is 13.0 Å². The lowest BCUT2D eigenvalue weighted by Gasteiger charge is -2.28. The molecule has 1 atom stereocenters. The molecule has 1 fully saturated rings. The van der Waals surface area contributed by atoms with Crippen LogP contribution in [0.1, 0.15) is 30.3 Å². The highest BCUT2D eigenvalue weighted by molar-refractivity contribution is 5.92. The van der Waals surface area contributed by atoms with Crippen molar-refractivity contribution in [2.45, 2.75) is 25.8 Å². The van der Waals surface area contributed by atoms with E-state index < -0.39 is 0 Å². The van der Waals surface area contributed by atoms with E-state index >= 15 is 0 Å². The van der Waals surface area contributed by atoms with Gasteiger partial charge in [0, 0.05) is 19.3 Å². The van der Waals surface area contributed by atoms with Crippen molar-refractivity contribution in [1.82, 2.24) is 20.4 Å². The van der Waals surface area contributed by atoms with E-state index in [4.69, 9.17) is 0 Å². The summed E-state index contributed by atoms with van der Waals surface area (Å²) < 4.78 is 1.60. The van der Waals surface area contributed by atoms with E-state index in [0.717, 1.165) is 25.9 Å². The van der Waals surface area contributed by atoms with E-state index in [0.29, 0.717) is 11.6 Å². The average molecular weight is 236 g/mol. The van der Waals surface area contributed by atoms with Crippen molar-refractivity contribution < 1.29 is 4.79 Å². The summed E-state index contributed by atoms with van der Waals surface area (Å²) >= 11 is 0. The predicted molar refractivity (Wildman–Crippen MR) is 65.7 cm³/mol. The second-order valence-electron chi connectivity index (χ2n) is 4.69. The molecule has 1 unspecified atom stereocenters. The van der Waals surface area contributed by atoms with Crippen molar-refractivity contribution in [1.29, 1.82) is 0 Å². The Labute approximate surface area is 102 Å². The number of amides is 1. The third-order valence-electron chi connectivity index (χ3n) is 3.50. The van der Waals surface area contributed by atoms with Crippen LogP contribution < -0.4 is 10.6 Å². The fourth-order valence-electron chi connectivity index (χ4n) is 2.34. The summed E-state index contributed by atoms with van der Waals surface area (Å²) in [5.41, 5.74) is 0.616. The predicted octanol–water partition coefficient (Wildman–Crippen LogP) is 0.538. The van der Waals surface area contributed by atoms with Crippen LogP contribution in [0.4, 0.5) is 0 Å². The highest BCUT2D eigenvalue weighted by Crippen LogP contribution is 2.16. The second kappa shape index (κ2) is 5.31. The van der Waals surface area contributed by atoms with Gasteiger partial charge in [0.15, 0.2) is 0 Å². The van der Waals surface area contributed by atoms with E-state index in [1.165, 1.54) is 0 Å². The van der Waals surface area contributed by atoms with E-state index in [1.54, 1.807) is 24.0 Å². The fraction of sp³-hybridized carbons (Fsp3) is 0.667. The molecule has 1 amide bonds. The molecule has 5 nitrogen and oxygen atoms in total. The smallest absolute Gasteiger partial charge is 0.269 e. The summed E-state index contributed by atoms with van der Waals surface area (Å²) in [6, 6.07) is 1.96. The maximum absolute atomic E-state index is 12.0. The molecular weight excluding hydrogens is 216 g/mol. The first kappa shape index (κ1) is 12.1. The minimum Gasteiger partial charge on any atom is -0.348 e. The number of rotatable bonds is 3. The normalized spacial score (nSPS) is 18.9. The van der Waals surface area contributed by atoms with Crippen molar-refractivity contribution in [3.05, 3.63) is 18.0 Å². The Morgan fingerprint density at radius 3 is 2.88 bits per heavy atom. The summed E-state index contributed by atoms with van der Waals surface area (Å²) in [6.07, 6.45) is 3.91. The number of piperidine rings is 1. The summed E-state index contributed by atoms with van der Waals surface area (Å²) in [6.45, 7) is 4.19. The van der Waals surface area contributed by atoms with Crippen molar-refractivity contribution >= 4 is 5.91 Å². The zero-order valence-electron chi connectivity index (χ0n) is 10.4. The fourth-order valence-corrected chi connectivity index (χ4v) is 2.34. The third kappa shape index (κ3) is 2.85. The minimum absolute atomic E-state index is 0.0315. The van der Waals surface area contributed by atoms with Gasteiger partial charge in [-0.05, 0) is 44.8 Å². The van der Waals surface area contributed by atoms with Gasteiger partial charge < -0.3 is 10.6 Å². The molecule has 2 rings (SSSR count). The Kier molecular flexibility index (Phi) is 3.78. The first-order chi connectivity index (χ1) is 8.18. The van der Waals surface area contributed by atoms with Crippen molar-refractivity contribution in [2.75, 3.05) is 13.1 Å². The Morgan fingerprint density at radius 2 is 2.29 bits per heavy atom. The molecular formula is C12H20N4O. The maximum Gasteiger partial charge on any atom is 0.269 e. The van der Waals surface area contributed by atoms with Crippen LogP contribution in [0, 0.1) is 5.92 Å². The molecule has 0 saturated carbocycles. The molecule has 1 aliphatic heterocycles. The van der Waals surface area contributed by atoms with Gasteiger partial charge in [-0.25, -0.2) is 0 Å². The van der Waals surface area contributed by atoms with E-state index in [2.05, 4.69) is 22.7 Å². The van der Waals surface area contributed by atoms with Gasteiger partial charge in [0.2, 0.25) is 0 Å². The Hall–Kier alpha value is -1.36. The van der Waals surface area contributed by atoms with Crippen LogP contribution in [-0.4, -0.2) is 34.8 Å². The first-order valence-electron chi connectivity index (χ1n) is 6.18. The molecule has 1 aromatic rings. The number of carbonyl (C=O) groups is 1. The maximum atomic E-state index is 12.0. The average Bonchev–Trinajstić information content (AvgIpc) is 2.76. The number of carbonyl (C=O) groups excluding carboxylic acids is 1. The first-order valence-corrected chi connectivity index (χ1v) is 6.18. The van der Waals surface area contributed by atoms with Gasteiger partial charge in [-0.2, -0.15) is 5.10 Å². The molecule has 0 radical (unpaired) electrons. The van der Waals surface area contributed by atoms with Crippen molar-refractivity contribution in [3.8, 4) is 0 Å². The number of hydrogen-bond acceptors (Lipinski definition) is 3. The van der Waals surface area contributed by atoms with Gasteiger partial charge in [-0.15, -0.1) is 0 Å². The summed E-state index contributed by atoms with van der Waals surface area (Å²) in [5, 5.41) is 10.4. The molecule has 0 bridgehead atoms. The summed E-state index contributed by atoms with van der Waals surface area (Å²) in [4.78, 5) is 12.0. The number of nitrogens with zero attached hydrogens (tertiary/aromatic N) is 2. The lowest BCUT2D eigenvalue weighted by atomic mass is 9.91. The molecule has 1 aliphatic rings. The van der Waals surface area contributed by atoms with E-state index in [1.807, 2.05) is 0 Å². The highest BCUT2D eigenvalue weighted by Gasteiger charge is 2.22. The standard InChI is InChI=1S/C12H20N4O/c1-9(10-3-6-13-7-4-10)15-12(17)11-5-8-14-16(11)2/h5,8-10,13H,3-4,6-7H2,1-2H3,(H,15,17). The minimum atomic E-state index is -0.0315. The molecule has 5 heteroatoms. The van der Waals surface area contributed by atoms with Crippen LogP contribution in [0.15, 0.2) is 12.3 Å². The zero-order chi connectivity index (χ0) is 12.3. The van der Waals surface area contributed by atoms with Crippen LogP contribution in [0.3, 0.4) is 0 Å². The molecule has 17 heavy (non-hydrogen) atoms. The molecule has 1 saturated heterocycles. The number of aromatic nitrogens is 2. The highest BCUT2D eigenvalue weighted by atomic mass is 16.2. The zero-order valence-corrected chi connectivity index (χ0v) is 10.4. The van der Waals surface area contributed by atoms with Gasteiger partial charge in [0.1, 0.15) is 5.69 Å². The molecule has 94 valence electrons. The van der Waals surface area contributed by atoms with Crippen LogP contribution in [-0.2, 0) is 7.05 Å². The van der Waals surface area contributed by atoms with Gasteiger partial charge in [-0.1, -0.05) is 0 Å². The quantitative estimate of drug-likeness (QED) is 0.805. The van der Waals surface area contributed by atoms with Crippen LogP contribution in [0.2, 0.25) is 0 Å². The molecule has 0 aliphatic carbocycles. The van der Waals surface area contributed by atoms with Crippen LogP contribution >= 0.6 is 0 Å². The second-order valence-corrected chi connectivity index (χ2v) is 4.69. The van der Waals surface area contributed by atoms with Crippen molar-refractivity contribution in [3.63, 3.8) is 0 Å². The van der Waals surface area contributed by atoms with Crippen LogP contribution in [0.25, 0.3) is 0 Å². The molecule has 2 N–H and O–H groups in total. The van der Waals surface area contributed by atoms with Gasteiger partial charge >= 0.3 is 0 Å². The third-order valence-corrected chi connectivity index (χ3v) is 3.50. The SMILES string of the molecule is CC(NC(=O)c1ccnn1C)C1CCNCC1. The Bertz CT molecular complexity index is 382. The van der Waals surface area contributed by atoms with Gasteiger partial charge in [0.25, 0.3) is 5.91 Å². The Morgan fingerprint density at radius 1 is 1.59 bits per heavy atom.